The van der Waals surface area contributed by atoms with E-state index in [1.165, 1.54) is 11.3 Å². The van der Waals surface area contributed by atoms with Gasteiger partial charge < -0.3 is 15.1 Å². The number of hydrogen-bond acceptors (Lipinski definition) is 3. The van der Waals surface area contributed by atoms with Gasteiger partial charge in [-0.3, -0.25) is 4.79 Å². The SMILES string of the molecule is CCCNCc1ccccc1N1CCN(C)C(=O)C1. The van der Waals surface area contributed by atoms with E-state index in [-0.39, 0.29) is 5.91 Å². The summed E-state index contributed by atoms with van der Waals surface area (Å²) >= 11 is 0. The first-order chi connectivity index (χ1) is 9.22. The van der Waals surface area contributed by atoms with Crippen LogP contribution in [0.5, 0.6) is 0 Å². The molecule has 1 heterocycles. The molecule has 1 aliphatic heterocycles. The van der Waals surface area contributed by atoms with E-state index in [9.17, 15) is 4.79 Å². The zero-order valence-electron chi connectivity index (χ0n) is 11.9. The van der Waals surface area contributed by atoms with Crippen molar-refractivity contribution in [3.8, 4) is 0 Å². The van der Waals surface area contributed by atoms with E-state index in [0.29, 0.717) is 6.54 Å². The molecular weight excluding hydrogens is 238 g/mol. The van der Waals surface area contributed by atoms with Gasteiger partial charge in [0.1, 0.15) is 0 Å². The number of para-hydroxylation sites is 1. The molecule has 0 aromatic heterocycles. The Labute approximate surface area is 115 Å². The topological polar surface area (TPSA) is 35.6 Å². The monoisotopic (exact) mass is 261 g/mol. The summed E-state index contributed by atoms with van der Waals surface area (Å²) in [5.41, 5.74) is 2.46. The minimum atomic E-state index is 0.197. The summed E-state index contributed by atoms with van der Waals surface area (Å²) in [5, 5.41) is 3.43. The first kappa shape index (κ1) is 13.9. The molecule has 1 saturated heterocycles. The van der Waals surface area contributed by atoms with Crippen molar-refractivity contribution < 1.29 is 4.79 Å². The van der Waals surface area contributed by atoms with Gasteiger partial charge in [-0.2, -0.15) is 0 Å². The van der Waals surface area contributed by atoms with Crippen molar-refractivity contribution in [2.45, 2.75) is 19.9 Å². The molecule has 1 aliphatic rings. The van der Waals surface area contributed by atoms with Crippen molar-refractivity contribution in [1.29, 1.82) is 0 Å². The van der Waals surface area contributed by atoms with Crippen molar-refractivity contribution in [2.24, 2.45) is 0 Å². The van der Waals surface area contributed by atoms with Crippen LogP contribution >= 0.6 is 0 Å². The second-order valence-electron chi connectivity index (χ2n) is 5.04. The quantitative estimate of drug-likeness (QED) is 0.815. The summed E-state index contributed by atoms with van der Waals surface area (Å²) in [7, 11) is 1.87. The smallest absolute Gasteiger partial charge is 0.241 e. The van der Waals surface area contributed by atoms with E-state index in [4.69, 9.17) is 0 Å². The van der Waals surface area contributed by atoms with Gasteiger partial charge in [0.2, 0.25) is 5.91 Å². The summed E-state index contributed by atoms with van der Waals surface area (Å²) in [6.45, 7) is 6.25. The van der Waals surface area contributed by atoms with E-state index in [0.717, 1.165) is 32.6 Å². The highest BCUT2D eigenvalue weighted by Gasteiger charge is 2.22. The van der Waals surface area contributed by atoms with E-state index in [1.807, 2.05) is 13.1 Å². The Bertz CT molecular complexity index is 433. The van der Waals surface area contributed by atoms with Crippen LogP contribution in [0.4, 0.5) is 5.69 Å². The van der Waals surface area contributed by atoms with Crippen molar-refractivity contribution in [3.05, 3.63) is 29.8 Å². The maximum atomic E-state index is 11.8. The van der Waals surface area contributed by atoms with E-state index in [1.54, 1.807) is 4.90 Å². The van der Waals surface area contributed by atoms with Gasteiger partial charge >= 0.3 is 0 Å². The number of carbonyl (C=O) groups excluding carboxylic acids is 1. The molecule has 0 saturated carbocycles. The fraction of sp³-hybridized carbons (Fsp3) is 0.533. The van der Waals surface area contributed by atoms with Crippen LogP contribution in [-0.4, -0.2) is 44.0 Å². The molecule has 19 heavy (non-hydrogen) atoms. The van der Waals surface area contributed by atoms with Crippen LogP contribution in [0.25, 0.3) is 0 Å². The lowest BCUT2D eigenvalue weighted by Gasteiger charge is -2.34. The van der Waals surface area contributed by atoms with Crippen LogP contribution in [0, 0.1) is 0 Å². The van der Waals surface area contributed by atoms with Crippen molar-refractivity contribution >= 4 is 11.6 Å². The fourth-order valence-electron chi connectivity index (χ4n) is 2.33. The Kier molecular flexibility index (Phi) is 4.80. The van der Waals surface area contributed by atoms with Crippen LogP contribution in [0.1, 0.15) is 18.9 Å². The van der Waals surface area contributed by atoms with Gasteiger partial charge in [-0.05, 0) is 24.6 Å². The van der Waals surface area contributed by atoms with E-state index < -0.39 is 0 Å². The summed E-state index contributed by atoms with van der Waals surface area (Å²) in [5.74, 6) is 0.197. The first-order valence-electron chi connectivity index (χ1n) is 7.00. The highest BCUT2D eigenvalue weighted by molar-refractivity contribution is 5.82. The maximum absolute atomic E-state index is 11.8. The average molecular weight is 261 g/mol. The predicted molar refractivity (Wildman–Crippen MR) is 78.3 cm³/mol. The lowest BCUT2D eigenvalue weighted by atomic mass is 10.1. The lowest BCUT2D eigenvalue weighted by Crippen LogP contribution is -2.48. The molecule has 0 unspecified atom stereocenters. The average Bonchev–Trinajstić information content (AvgIpc) is 2.43. The number of benzene rings is 1. The van der Waals surface area contributed by atoms with Gasteiger partial charge in [0.05, 0.1) is 6.54 Å². The number of amides is 1. The Morgan fingerprint density at radius 2 is 2.05 bits per heavy atom. The second kappa shape index (κ2) is 6.57. The molecule has 1 fully saturated rings. The lowest BCUT2D eigenvalue weighted by molar-refractivity contribution is -0.129. The number of nitrogens with zero attached hydrogens (tertiary/aromatic N) is 2. The Balaban J connectivity index is 2.08. The van der Waals surface area contributed by atoms with Crippen LogP contribution in [-0.2, 0) is 11.3 Å². The molecule has 0 aliphatic carbocycles. The van der Waals surface area contributed by atoms with Crippen molar-refractivity contribution in [1.82, 2.24) is 10.2 Å². The highest BCUT2D eigenvalue weighted by atomic mass is 16.2. The van der Waals surface area contributed by atoms with Gasteiger partial charge in [-0.1, -0.05) is 25.1 Å². The second-order valence-corrected chi connectivity index (χ2v) is 5.04. The minimum Gasteiger partial charge on any atom is -0.360 e. The summed E-state index contributed by atoms with van der Waals surface area (Å²) in [4.78, 5) is 15.8. The molecule has 4 heteroatoms. The van der Waals surface area contributed by atoms with Crippen LogP contribution in [0.15, 0.2) is 24.3 Å². The molecule has 0 radical (unpaired) electrons. The molecule has 0 bridgehead atoms. The summed E-state index contributed by atoms with van der Waals surface area (Å²) in [6.07, 6.45) is 1.13. The first-order valence-corrected chi connectivity index (χ1v) is 7.00. The number of likely N-dealkylation sites (N-methyl/N-ethyl adjacent to an activating group) is 1. The third-order valence-corrected chi connectivity index (χ3v) is 3.53. The summed E-state index contributed by atoms with van der Waals surface area (Å²) < 4.78 is 0. The van der Waals surface area contributed by atoms with Gasteiger partial charge in [0.25, 0.3) is 0 Å². The molecule has 104 valence electrons. The highest BCUT2D eigenvalue weighted by Crippen LogP contribution is 2.21. The molecule has 2 rings (SSSR count). The number of nitrogens with one attached hydrogen (secondary N) is 1. The Hall–Kier alpha value is -1.55. The number of carbonyl (C=O) groups is 1. The van der Waals surface area contributed by atoms with E-state index in [2.05, 4.69) is 35.3 Å². The standard InChI is InChI=1S/C15H23N3O/c1-3-8-16-11-13-6-4-5-7-14(13)18-10-9-17(2)15(19)12-18/h4-7,16H,3,8-12H2,1-2H3. The number of rotatable bonds is 5. The molecule has 1 aromatic rings. The zero-order valence-corrected chi connectivity index (χ0v) is 11.9. The molecule has 4 nitrogen and oxygen atoms in total. The third-order valence-electron chi connectivity index (χ3n) is 3.53. The maximum Gasteiger partial charge on any atom is 0.241 e. The summed E-state index contributed by atoms with van der Waals surface area (Å²) in [6, 6.07) is 8.36. The number of piperazine rings is 1. The Morgan fingerprint density at radius 1 is 1.26 bits per heavy atom. The van der Waals surface area contributed by atoms with Gasteiger partial charge in [0.15, 0.2) is 0 Å². The zero-order chi connectivity index (χ0) is 13.7. The molecule has 1 amide bonds. The van der Waals surface area contributed by atoms with Crippen molar-refractivity contribution in [3.63, 3.8) is 0 Å². The van der Waals surface area contributed by atoms with Crippen LogP contribution in [0.2, 0.25) is 0 Å². The predicted octanol–water partition coefficient (Wildman–Crippen LogP) is 1.46. The number of hydrogen-bond donors (Lipinski definition) is 1. The normalized spacial score (nSPS) is 16.0. The molecule has 1 N–H and O–H groups in total. The van der Waals surface area contributed by atoms with Gasteiger partial charge in [-0.25, -0.2) is 0 Å². The van der Waals surface area contributed by atoms with E-state index >= 15 is 0 Å². The molecule has 0 spiro atoms. The molecule has 1 aromatic carbocycles. The van der Waals surface area contributed by atoms with Crippen LogP contribution < -0.4 is 10.2 Å². The molecular formula is C15H23N3O. The molecule has 0 atom stereocenters. The Morgan fingerprint density at radius 3 is 2.79 bits per heavy atom. The number of anilines is 1. The minimum absolute atomic E-state index is 0.197. The fourth-order valence-corrected chi connectivity index (χ4v) is 2.33. The van der Waals surface area contributed by atoms with Gasteiger partial charge in [0, 0.05) is 32.4 Å². The van der Waals surface area contributed by atoms with Gasteiger partial charge in [-0.15, -0.1) is 0 Å². The van der Waals surface area contributed by atoms with Crippen molar-refractivity contribution in [2.75, 3.05) is 38.1 Å². The van der Waals surface area contributed by atoms with Crippen LogP contribution in [0.3, 0.4) is 0 Å². The third kappa shape index (κ3) is 3.47. The largest absolute Gasteiger partial charge is 0.360 e.